The van der Waals surface area contributed by atoms with E-state index in [1.165, 1.54) is 0 Å². The molecular formula is C43H75NO8S. The van der Waals surface area contributed by atoms with Crippen LogP contribution in [0.3, 0.4) is 0 Å². The maximum absolute atomic E-state index is 13.7. The first-order valence-corrected chi connectivity index (χ1v) is 21.8. The molecule has 0 saturated carbocycles. The molecule has 2 saturated heterocycles. The molecule has 0 aliphatic carbocycles. The Kier molecular flexibility index (Phi) is 18.5. The predicted molar refractivity (Wildman–Crippen MR) is 214 cm³/mol. The number of esters is 1. The third kappa shape index (κ3) is 12.4. The van der Waals surface area contributed by atoms with Crippen molar-refractivity contribution in [3.05, 3.63) is 23.8 Å². The van der Waals surface area contributed by atoms with E-state index in [1.54, 1.807) is 17.8 Å². The average molecular weight is 766 g/mol. The van der Waals surface area contributed by atoms with Crippen molar-refractivity contribution < 1.29 is 38.4 Å². The van der Waals surface area contributed by atoms with Crippen molar-refractivity contribution in [2.45, 2.75) is 151 Å². The highest BCUT2D eigenvalue weighted by Crippen LogP contribution is 2.39. The lowest BCUT2D eigenvalue weighted by atomic mass is 9.79. The van der Waals surface area contributed by atoms with Crippen LogP contribution < -0.4 is 0 Å². The number of hydrogen-bond acceptors (Lipinski definition) is 10. The molecule has 0 aromatic rings. The minimum absolute atomic E-state index is 0.0252. The van der Waals surface area contributed by atoms with Crippen molar-refractivity contribution in [3.63, 3.8) is 0 Å². The lowest BCUT2D eigenvalue weighted by Gasteiger charge is -2.48. The first-order valence-electron chi connectivity index (χ1n) is 20.4. The summed E-state index contributed by atoms with van der Waals surface area (Å²) in [4.78, 5) is 29.7. The maximum atomic E-state index is 13.7. The molecule has 0 amide bonds. The van der Waals surface area contributed by atoms with Crippen LogP contribution >= 0.6 is 11.8 Å². The van der Waals surface area contributed by atoms with E-state index in [9.17, 15) is 14.7 Å². The standard InChI is InChI=1S/C43H75NO8S/c1-15-38-35(23-48-42-28(6)26(4)27(5)32(10)49-42)20-24(2)16-17-36(45)25(3)21-34(18-19-53-14)41(30(8)37(46)22-39(47)51-38)52-43-31(9)40(44(12)13)29(7)33(11)50-43/h16-17,20,25-35,37-38,40-43,46H,15,18-19,21-23H2,1-14H3/b17-16+,24-20+/t25-,26-,27+,28-,29-,30+,31-,32-,33-,34+,35-,37-,38-,40+,41-,42-,43+/m1/s1. The number of ketones is 1. The van der Waals surface area contributed by atoms with Crippen LogP contribution in [0.5, 0.6) is 0 Å². The Labute approximate surface area is 326 Å². The Morgan fingerprint density at radius 2 is 1.51 bits per heavy atom. The highest BCUT2D eigenvalue weighted by atomic mass is 32.2. The van der Waals surface area contributed by atoms with Gasteiger partial charge in [-0.3, -0.25) is 9.59 Å². The first-order chi connectivity index (χ1) is 24.9. The van der Waals surface area contributed by atoms with Crippen LogP contribution in [0.2, 0.25) is 0 Å². The largest absolute Gasteiger partial charge is 0.462 e. The van der Waals surface area contributed by atoms with Gasteiger partial charge in [0.2, 0.25) is 0 Å². The minimum atomic E-state index is -1.02. The van der Waals surface area contributed by atoms with E-state index in [0.29, 0.717) is 37.2 Å². The maximum Gasteiger partial charge on any atom is 0.308 e. The Morgan fingerprint density at radius 1 is 0.868 bits per heavy atom. The molecule has 0 spiro atoms. The van der Waals surface area contributed by atoms with Gasteiger partial charge in [-0.25, -0.2) is 0 Å². The van der Waals surface area contributed by atoms with E-state index in [2.05, 4.69) is 73.7 Å². The Morgan fingerprint density at radius 3 is 2.13 bits per heavy atom. The molecule has 17 atom stereocenters. The summed E-state index contributed by atoms with van der Waals surface area (Å²) in [7, 11) is 4.20. The highest BCUT2D eigenvalue weighted by molar-refractivity contribution is 7.98. The number of carbonyl (C=O) groups excluding carboxylic acids is 2. The van der Waals surface area contributed by atoms with E-state index in [-0.39, 0.29) is 66.3 Å². The number of carbonyl (C=O) groups is 2. The number of nitrogens with zero attached hydrogens (tertiary/aromatic N) is 1. The normalized spacial score (nSPS) is 44.3. The molecule has 306 valence electrons. The average Bonchev–Trinajstić information content (AvgIpc) is 3.10. The van der Waals surface area contributed by atoms with Crippen LogP contribution in [-0.2, 0) is 33.3 Å². The number of ether oxygens (including phenoxy) is 5. The van der Waals surface area contributed by atoms with Gasteiger partial charge in [0.05, 0.1) is 37.4 Å². The Bertz CT molecular complexity index is 1210. The molecule has 0 bridgehead atoms. The summed E-state index contributed by atoms with van der Waals surface area (Å²) in [6.07, 6.45) is 6.67. The van der Waals surface area contributed by atoms with Gasteiger partial charge in [0, 0.05) is 35.6 Å². The fourth-order valence-electron chi connectivity index (χ4n) is 8.86. The minimum Gasteiger partial charge on any atom is -0.462 e. The van der Waals surface area contributed by atoms with Crippen molar-refractivity contribution in [2.75, 3.05) is 32.7 Å². The van der Waals surface area contributed by atoms with Gasteiger partial charge in [0.1, 0.15) is 6.10 Å². The second kappa shape index (κ2) is 21.3. The van der Waals surface area contributed by atoms with Gasteiger partial charge < -0.3 is 33.7 Å². The van der Waals surface area contributed by atoms with Crippen molar-refractivity contribution in [2.24, 2.45) is 53.3 Å². The number of allylic oxidation sites excluding steroid dienone is 3. The van der Waals surface area contributed by atoms with Gasteiger partial charge in [-0.2, -0.15) is 11.8 Å². The molecule has 0 aromatic heterocycles. The number of thioether (sulfide) groups is 1. The van der Waals surface area contributed by atoms with Crippen LogP contribution in [0.25, 0.3) is 0 Å². The number of aliphatic hydroxyl groups excluding tert-OH is 1. The Balaban J connectivity index is 1.96. The molecule has 2 fully saturated rings. The summed E-state index contributed by atoms with van der Waals surface area (Å²) < 4.78 is 32.5. The van der Waals surface area contributed by atoms with Gasteiger partial charge in [-0.1, -0.05) is 73.1 Å². The molecule has 1 N–H and O–H groups in total. The topological polar surface area (TPSA) is 104 Å². The first kappa shape index (κ1) is 46.1. The lowest BCUT2D eigenvalue weighted by molar-refractivity contribution is -0.277. The van der Waals surface area contributed by atoms with Gasteiger partial charge >= 0.3 is 5.97 Å². The molecule has 0 unspecified atom stereocenters. The van der Waals surface area contributed by atoms with Gasteiger partial charge in [-0.15, -0.1) is 0 Å². The summed E-state index contributed by atoms with van der Waals surface area (Å²) in [5.74, 6) is 0.871. The fourth-order valence-corrected chi connectivity index (χ4v) is 9.40. The smallest absolute Gasteiger partial charge is 0.308 e. The van der Waals surface area contributed by atoms with E-state index in [1.807, 2.05) is 39.8 Å². The van der Waals surface area contributed by atoms with Gasteiger partial charge in [0.25, 0.3) is 0 Å². The molecule has 53 heavy (non-hydrogen) atoms. The van der Waals surface area contributed by atoms with Crippen LogP contribution in [-0.4, -0.2) is 104 Å². The molecule has 0 aromatic carbocycles. The number of rotatable bonds is 10. The second-order valence-electron chi connectivity index (χ2n) is 17.2. The molecule has 0 radical (unpaired) electrons. The SMILES string of the molecule is CC[C@H]1OC(=O)C[C@@H](O)[C@H](C)[C@@H](O[C@@H]2O[C@H](C)[C@@H](C)[C@H](N(C)C)[C@H]2C)[C@@H](CCSC)C[C@@H](C)C(=O)/C=C/C(C)=C/[C@@H]1CO[C@@H]1O[C@H](C)[C@@H](C)[C@@H](C)[C@H]1C. The zero-order valence-electron chi connectivity index (χ0n) is 35.5. The summed E-state index contributed by atoms with van der Waals surface area (Å²) in [6, 6.07) is 0.239. The van der Waals surface area contributed by atoms with E-state index in [4.69, 9.17) is 23.7 Å². The molecule has 3 aliphatic heterocycles. The molecular weight excluding hydrogens is 691 g/mol. The van der Waals surface area contributed by atoms with Crippen molar-refractivity contribution in [1.29, 1.82) is 0 Å². The monoisotopic (exact) mass is 766 g/mol. The molecule has 9 nitrogen and oxygen atoms in total. The molecule has 3 heterocycles. The van der Waals surface area contributed by atoms with Gasteiger partial charge in [0.15, 0.2) is 18.4 Å². The zero-order chi connectivity index (χ0) is 39.7. The van der Waals surface area contributed by atoms with E-state index in [0.717, 1.165) is 17.7 Å². The zero-order valence-corrected chi connectivity index (χ0v) is 36.3. The van der Waals surface area contributed by atoms with E-state index >= 15 is 0 Å². The predicted octanol–water partition coefficient (Wildman–Crippen LogP) is 7.79. The summed E-state index contributed by atoms with van der Waals surface area (Å²) >= 11 is 1.76. The molecule has 3 rings (SSSR count). The van der Waals surface area contributed by atoms with Crippen molar-refractivity contribution >= 4 is 23.5 Å². The van der Waals surface area contributed by atoms with Crippen LogP contribution in [0.4, 0.5) is 0 Å². The summed E-state index contributed by atoms with van der Waals surface area (Å²) in [5.41, 5.74) is 0.893. The molecule has 3 aliphatic rings. The second-order valence-corrected chi connectivity index (χ2v) is 18.1. The van der Waals surface area contributed by atoms with E-state index < -0.39 is 36.5 Å². The summed E-state index contributed by atoms with van der Waals surface area (Å²) in [6.45, 7) is 23.4. The number of aliphatic hydroxyl groups is 1. The highest BCUT2D eigenvalue weighted by Gasteiger charge is 2.45. The Hall–Kier alpha value is -1.27. The van der Waals surface area contributed by atoms with Crippen molar-refractivity contribution in [3.8, 4) is 0 Å². The number of hydrogen-bond donors (Lipinski definition) is 1. The fraction of sp³-hybridized carbons (Fsp3) is 0.860. The molecule has 10 heteroatoms. The van der Waals surface area contributed by atoms with Crippen LogP contribution in [0.15, 0.2) is 23.8 Å². The summed E-state index contributed by atoms with van der Waals surface area (Å²) in [5, 5.41) is 11.8. The third-order valence-corrected chi connectivity index (χ3v) is 13.7. The quantitative estimate of drug-likeness (QED) is 0.222. The third-order valence-electron chi connectivity index (χ3n) is 13.1. The van der Waals surface area contributed by atoms with Crippen LogP contribution in [0, 0.1) is 53.3 Å². The van der Waals surface area contributed by atoms with Gasteiger partial charge in [-0.05, 0) is 95.9 Å². The lowest BCUT2D eigenvalue weighted by Crippen LogP contribution is -2.56. The van der Waals surface area contributed by atoms with Crippen LogP contribution in [0.1, 0.15) is 102 Å². The van der Waals surface area contributed by atoms with Crippen molar-refractivity contribution in [1.82, 2.24) is 4.90 Å². The number of cyclic esters (lactones) is 1.